The van der Waals surface area contributed by atoms with Gasteiger partial charge < -0.3 is 26.4 Å². The van der Waals surface area contributed by atoms with Crippen molar-refractivity contribution in [1.82, 2.24) is 10.2 Å². The Labute approximate surface area is 401 Å². The summed E-state index contributed by atoms with van der Waals surface area (Å²) in [6.07, 6.45) is 25.2. The minimum atomic E-state index is -0.247. The number of rotatable bonds is 26. The number of nitrogens with zero attached hydrogens (tertiary/aromatic N) is 1. The van der Waals surface area contributed by atoms with Crippen molar-refractivity contribution in [3.05, 3.63) is 11.6 Å². The highest BCUT2D eigenvalue weighted by molar-refractivity contribution is 5.86. The van der Waals surface area contributed by atoms with E-state index >= 15 is 0 Å². The molecular formula is C52H99Cl3N4O3. The number of hydrogen-bond acceptors (Lipinski definition) is 6. The Morgan fingerprint density at radius 1 is 0.806 bits per heavy atom. The maximum Gasteiger partial charge on any atom is 0.306 e. The molecule has 0 heterocycles. The van der Waals surface area contributed by atoms with Crippen molar-refractivity contribution in [3.8, 4) is 0 Å². The Hall–Kier alpha value is -0.570. The first-order valence-electron chi connectivity index (χ1n) is 25.5. The van der Waals surface area contributed by atoms with Gasteiger partial charge in [0.1, 0.15) is 6.10 Å². The van der Waals surface area contributed by atoms with Gasteiger partial charge in [-0.25, -0.2) is 0 Å². The van der Waals surface area contributed by atoms with Crippen LogP contribution in [0.25, 0.3) is 0 Å². The molecule has 3 fully saturated rings. The van der Waals surface area contributed by atoms with Crippen LogP contribution < -0.4 is 16.8 Å². The quantitative estimate of drug-likeness (QED) is 0.0453. The van der Waals surface area contributed by atoms with Gasteiger partial charge in [0.15, 0.2) is 0 Å². The fourth-order valence-electron chi connectivity index (χ4n) is 13.1. The van der Waals surface area contributed by atoms with Crippen LogP contribution in [-0.2, 0) is 14.3 Å². The molecule has 0 aromatic heterocycles. The largest absolute Gasteiger partial charge is 0.462 e. The van der Waals surface area contributed by atoms with E-state index in [1.807, 2.05) is 4.90 Å². The molecule has 366 valence electrons. The van der Waals surface area contributed by atoms with E-state index in [2.05, 4.69) is 80.6 Å². The number of fused-ring (bicyclic) bond motifs is 5. The van der Waals surface area contributed by atoms with Crippen molar-refractivity contribution in [2.24, 2.45) is 63.7 Å². The second kappa shape index (κ2) is 27.3. The molecule has 0 aromatic carbocycles. The molecule has 62 heavy (non-hydrogen) atoms. The fourth-order valence-corrected chi connectivity index (χ4v) is 13.1. The van der Waals surface area contributed by atoms with Crippen LogP contribution in [-0.4, -0.2) is 60.1 Å². The molecule has 9 atom stereocenters. The number of unbranched alkanes of at least 4 members (excludes halogenated alkanes) is 1. The molecule has 0 saturated heterocycles. The van der Waals surface area contributed by atoms with Crippen molar-refractivity contribution < 1.29 is 14.3 Å². The topological polar surface area (TPSA) is 111 Å². The summed E-state index contributed by atoms with van der Waals surface area (Å²) < 4.78 is 6.18. The molecule has 0 bridgehead atoms. The standard InChI is InChI=1S/C52H96N4O3.3ClH/c1-11-40(38(6)7)22-21-39(8)44-25-26-45-43-24-23-41-37-42(27-29-49(41,9)46(43)28-30-50(44,45)10)59-48(58)20-18-19-47(57)56(36-32-52(54,14-4)15-5)35-17-16-33-55-34-31-51(53,12-2)13-3;;;/h23,38-40,42-46,55H,11-22,24-37,53-54H2,1-10H3;3*1H/t39-,40-,42+,43+,44-,45+,46+,49+,50-;;;/m1.../s1. The SMILES string of the molecule is CC[C@H](CC[C@@H](C)[C@H]1CC[C@H]2[C@@H]3CC=C4C[C@@H](OC(=O)CCCC(=O)N(CCCCNCCC(N)(CC)CC)CCC(N)(CC)CC)CC[C@]4(C)[C@H]3CC[C@]12C)C(C)C.Cl.Cl.Cl. The van der Waals surface area contributed by atoms with Crippen LogP contribution >= 0.6 is 37.2 Å². The Morgan fingerprint density at radius 2 is 1.47 bits per heavy atom. The van der Waals surface area contributed by atoms with Crippen LogP contribution in [0.15, 0.2) is 11.6 Å². The van der Waals surface area contributed by atoms with E-state index in [1.54, 1.807) is 5.57 Å². The minimum Gasteiger partial charge on any atom is -0.462 e. The average Bonchev–Trinajstić information content (AvgIpc) is 3.58. The van der Waals surface area contributed by atoms with Gasteiger partial charge in [0.25, 0.3) is 0 Å². The molecule has 0 unspecified atom stereocenters. The molecule has 3 saturated carbocycles. The summed E-state index contributed by atoms with van der Waals surface area (Å²) >= 11 is 0. The predicted octanol–water partition coefficient (Wildman–Crippen LogP) is 13.0. The molecule has 1 amide bonds. The Morgan fingerprint density at radius 3 is 2.10 bits per heavy atom. The van der Waals surface area contributed by atoms with Crippen LogP contribution in [0.5, 0.6) is 0 Å². The van der Waals surface area contributed by atoms with Crippen molar-refractivity contribution in [3.63, 3.8) is 0 Å². The summed E-state index contributed by atoms with van der Waals surface area (Å²) in [6.45, 7) is 26.9. The van der Waals surface area contributed by atoms with Gasteiger partial charge in [0, 0.05) is 43.4 Å². The highest BCUT2D eigenvalue weighted by Gasteiger charge is 2.59. The minimum absolute atomic E-state index is 0. The number of hydrogen-bond donors (Lipinski definition) is 3. The van der Waals surface area contributed by atoms with E-state index < -0.39 is 0 Å². The molecule has 0 aliphatic heterocycles. The molecule has 0 aromatic rings. The maximum atomic E-state index is 13.6. The van der Waals surface area contributed by atoms with Crippen LogP contribution in [0, 0.1) is 52.3 Å². The second-order valence-corrected chi connectivity index (χ2v) is 21.6. The molecule has 4 aliphatic carbocycles. The zero-order chi connectivity index (χ0) is 43.4. The van der Waals surface area contributed by atoms with Crippen LogP contribution in [0.3, 0.4) is 0 Å². The highest BCUT2D eigenvalue weighted by atomic mass is 35.5. The molecule has 0 radical (unpaired) electrons. The number of ether oxygens (including phenoxy) is 1. The third-order valence-electron chi connectivity index (χ3n) is 18.2. The van der Waals surface area contributed by atoms with Gasteiger partial charge in [0.05, 0.1) is 0 Å². The summed E-state index contributed by atoms with van der Waals surface area (Å²) in [4.78, 5) is 28.8. The number of carbonyl (C=O) groups is 2. The van der Waals surface area contributed by atoms with Crippen molar-refractivity contribution in [2.75, 3.05) is 26.2 Å². The third-order valence-corrected chi connectivity index (χ3v) is 18.2. The summed E-state index contributed by atoms with van der Waals surface area (Å²) in [6, 6.07) is 0. The zero-order valence-corrected chi connectivity index (χ0v) is 44.1. The predicted molar refractivity (Wildman–Crippen MR) is 271 cm³/mol. The molecule has 4 aliphatic rings. The first kappa shape index (κ1) is 59.4. The summed E-state index contributed by atoms with van der Waals surface area (Å²) in [5, 5.41) is 3.56. The smallest absolute Gasteiger partial charge is 0.306 e. The molecule has 10 heteroatoms. The summed E-state index contributed by atoms with van der Waals surface area (Å²) in [7, 11) is 0. The lowest BCUT2D eigenvalue weighted by atomic mass is 9.47. The van der Waals surface area contributed by atoms with Gasteiger partial charge >= 0.3 is 5.97 Å². The van der Waals surface area contributed by atoms with Crippen molar-refractivity contribution >= 4 is 49.1 Å². The zero-order valence-electron chi connectivity index (χ0n) is 41.6. The first-order chi connectivity index (χ1) is 28.0. The van der Waals surface area contributed by atoms with Crippen LogP contribution in [0.1, 0.15) is 210 Å². The highest BCUT2D eigenvalue weighted by Crippen LogP contribution is 2.67. The van der Waals surface area contributed by atoms with E-state index in [0.717, 1.165) is 132 Å². The van der Waals surface area contributed by atoms with Crippen LogP contribution in [0.4, 0.5) is 0 Å². The monoisotopic (exact) mass is 933 g/mol. The number of nitrogens with two attached hydrogens (primary N) is 2. The van der Waals surface area contributed by atoms with Gasteiger partial charge in [-0.15, -0.1) is 37.2 Å². The van der Waals surface area contributed by atoms with Gasteiger partial charge in [0.2, 0.25) is 5.91 Å². The number of allylic oxidation sites excluding steroid dienone is 1. The Balaban J connectivity index is 0.00000641. The Bertz CT molecular complexity index is 1340. The van der Waals surface area contributed by atoms with Gasteiger partial charge in [-0.2, -0.15) is 0 Å². The van der Waals surface area contributed by atoms with E-state index in [9.17, 15) is 9.59 Å². The maximum absolute atomic E-state index is 13.6. The number of nitrogens with one attached hydrogen (secondary N) is 1. The summed E-state index contributed by atoms with van der Waals surface area (Å²) in [5.41, 5.74) is 15.1. The van der Waals surface area contributed by atoms with E-state index in [-0.39, 0.29) is 71.7 Å². The van der Waals surface area contributed by atoms with E-state index in [1.165, 1.54) is 51.4 Å². The lowest BCUT2D eigenvalue weighted by molar-refractivity contribution is -0.151. The molecule has 7 nitrogen and oxygen atoms in total. The van der Waals surface area contributed by atoms with Gasteiger partial charge in [-0.3, -0.25) is 9.59 Å². The number of esters is 1. The fraction of sp³-hybridized carbons (Fsp3) is 0.923. The second-order valence-electron chi connectivity index (χ2n) is 21.6. The molecule has 0 spiro atoms. The molecule has 5 N–H and O–H groups in total. The van der Waals surface area contributed by atoms with Gasteiger partial charge in [-0.1, -0.05) is 93.7 Å². The van der Waals surface area contributed by atoms with Crippen molar-refractivity contribution in [1.29, 1.82) is 0 Å². The van der Waals surface area contributed by atoms with Crippen molar-refractivity contribution in [2.45, 2.75) is 228 Å². The average molecular weight is 935 g/mol. The number of amides is 1. The first-order valence-corrected chi connectivity index (χ1v) is 25.5. The summed E-state index contributed by atoms with van der Waals surface area (Å²) in [5.74, 6) is 5.78. The van der Waals surface area contributed by atoms with Crippen LogP contribution in [0.2, 0.25) is 0 Å². The van der Waals surface area contributed by atoms with E-state index in [0.29, 0.717) is 31.2 Å². The molecular weight excluding hydrogens is 835 g/mol. The normalized spacial score (nSPS) is 27.9. The lowest BCUT2D eigenvalue weighted by Gasteiger charge is -2.58. The van der Waals surface area contributed by atoms with E-state index in [4.69, 9.17) is 16.2 Å². The Kier molecular flexibility index (Phi) is 26.2. The molecule has 4 rings (SSSR count). The van der Waals surface area contributed by atoms with Gasteiger partial charge in [-0.05, 0) is 174 Å². The number of halogens is 3. The lowest BCUT2D eigenvalue weighted by Crippen LogP contribution is -2.51. The third kappa shape index (κ3) is 15.2. The number of carbonyl (C=O) groups excluding carboxylic acids is 2.